The quantitative estimate of drug-likeness (QED) is 0.733. The van der Waals surface area contributed by atoms with Crippen LogP contribution in [0.5, 0.6) is 0 Å². The van der Waals surface area contributed by atoms with Crippen molar-refractivity contribution in [3.63, 3.8) is 0 Å². The van der Waals surface area contributed by atoms with Gasteiger partial charge in [-0.2, -0.15) is 0 Å². The van der Waals surface area contributed by atoms with Crippen molar-refractivity contribution in [3.8, 4) is 0 Å². The topological polar surface area (TPSA) is 87.3 Å². The fourth-order valence-corrected chi connectivity index (χ4v) is 2.27. The predicted molar refractivity (Wildman–Crippen MR) is 97.4 cm³/mol. The molecule has 0 bridgehead atoms. The minimum absolute atomic E-state index is 0.215. The number of amides is 3. The maximum absolute atomic E-state index is 12.0. The molecule has 0 unspecified atom stereocenters. The molecule has 2 aromatic carbocycles. The van der Waals surface area contributed by atoms with Gasteiger partial charge in [0.25, 0.3) is 0 Å². The molecule has 6 nitrogen and oxygen atoms in total. The van der Waals surface area contributed by atoms with Crippen LogP contribution >= 0.6 is 11.6 Å². The standard InChI is InChI=1S/C18H18ClN3O3/c1-11-15(21-12(2)23)4-3-5-16(11)22-18(25)17(24)20-10-13-6-8-14(19)9-7-13/h3-9H,10H2,1-2H3,(H,20,24)(H,21,23)(H,22,25). The Labute approximate surface area is 150 Å². The van der Waals surface area contributed by atoms with Crippen LogP contribution < -0.4 is 16.0 Å². The molecule has 3 N–H and O–H groups in total. The summed E-state index contributed by atoms with van der Waals surface area (Å²) in [6.45, 7) is 3.36. The molecule has 0 aliphatic rings. The predicted octanol–water partition coefficient (Wildman–Crippen LogP) is 2.86. The molecule has 0 saturated heterocycles. The fraction of sp³-hybridized carbons (Fsp3) is 0.167. The number of carbonyl (C=O) groups excluding carboxylic acids is 3. The van der Waals surface area contributed by atoms with Crippen LogP contribution in [0, 0.1) is 6.92 Å². The Balaban J connectivity index is 1.98. The molecule has 0 atom stereocenters. The van der Waals surface area contributed by atoms with E-state index in [1.54, 1.807) is 49.4 Å². The Morgan fingerprint density at radius 2 is 1.52 bits per heavy atom. The van der Waals surface area contributed by atoms with Crippen molar-refractivity contribution in [1.82, 2.24) is 5.32 Å². The smallest absolute Gasteiger partial charge is 0.313 e. The van der Waals surface area contributed by atoms with Crippen molar-refractivity contribution in [2.45, 2.75) is 20.4 Å². The minimum atomic E-state index is -0.781. The molecule has 0 fully saturated rings. The highest BCUT2D eigenvalue weighted by Gasteiger charge is 2.15. The molecule has 0 aromatic heterocycles. The van der Waals surface area contributed by atoms with Crippen LogP contribution in [0.15, 0.2) is 42.5 Å². The van der Waals surface area contributed by atoms with Crippen molar-refractivity contribution in [2.24, 2.45) is 0 Å². The van der Waals surface area contributed by atoms with E-state index >= 15 is 0 Å². The van der Waals surface area contributed by atoms with E-state index in [2.05, 4.69) is 16.0 Å². The molecule has 0 aliphatic carbocycles. The Hall–Kier alpha value is -2.86. The first-order chi connectivity index (χ1) is 11.9. The largest absolute Gasteiger partial charge is 0.344 e. The average molecular weight is 360 g/mol. The molecule has 130 valence electrons. The molecule has 7 heteroatoms. The maximum Gasteiger partial charge on any atom is 0.313 e. The first-order valence-electron chi connectivity index (χ1n) is 7.57. The normalized spacial score (nSPS) is 10.0. The van der Waals surface area contributed by atoms with E-state index < -0.39 is 11.8 Å². The highest BCUT2D eigenvalue weighted by atomic mass is 35.5. The zero-order valence-corrected chi connectivity index (χ0v) is 14.6. The molecule has 0 saturated carbocycles. The minimum Gasteiger partial charge on any atom is -0.344 e. The van der Waals surface area contributed by atoms with Gasteiger partial charge in [0, 0.05) is 29.9 Å². The molecular formula is C18H18ClN3O3. The number of rotatable bonds is 4. The Bertz CT molecular complexity index is 804. The van der Waals surface area contributed by atoms with Gasteiger partial charge in [0.2, 0.25) is 5.91 Å². The van der Waals surface area contributed by atoms with E-state index in [9.17, 15) is 14.4 Å². The summed E-state index contributed by atoms with van der Waals surface area (Å²) in [5.74, 6) is -1.75. The monoisotopic (exact) mass is 359 g/mol. The van der Waals surface area contributed by atoms with E-state index in [0.717, 1.165) is 5.56 Å². The molecule has 0 radical (unpaired) electrons. The lowest BCUT2D eigenvalue weighted by Crippen LogP contribution is -2.35. The van der Waals surface area contributed by atoms with Crippen molar-refractivity contribution in [3.05, 3.63) is 58.6 Å². The number of hydrogen-bond acceptors (Lipinski definition) is 3. The fourth-order valence-electron chi connectivity index (χ4n) is 2.14. The summed E-state index contributed by atoms with van der Waals surface area (Å²) in [6.07, 6.45) is 0. The first-order valence-corrected chi connectivity index (χ1v) is 7.95. The summed E-state index contributed by atoms with van der Waals surface area (Å²) < 4.78 is 0. The lowest BCUT2D eigenvalue weighted by Gasteiger charge is -2.12. The number of benzene rings is 2. The molecule has 25 heavy (non-hydrogen) atoms. The third-order valence-corrected chi connectivity index (χ3v) is 3.72. The number of nitrogens with one attached hydrogen (secondary N) is 3. The summed E-state index contributed by atoms with van der Waals surface area (Å²) in [5, 5.41) is 8.35. The van der Waals surface area contributed by atoms with E-state index in [1.165, 1.54) is 6.92 Å². The van der Waals surface area contributed by atoms with Gasteiger partial charge in [0.15, 0.2) is 0 Å². The van der Waals surface area contributed by atoms with Gasteiger partial charge in [-0.05, 0) is 42.3 Å². The zero-order chi connectivity index (χ0) is 18.4. The maximum atomic E-state index is 12.0. The highest BCUT2D eigenvalue weighted by Crippen LogP contribution is 2.23. The summed E-state index contributed by atoms with van der Waals surface area (Å²) in [7, 11) is 0. The van der Waals surface area contributed by atoms with Gasteiger partial charge < -0.3 is 16.0 Å². The van der Waals surface area contributed by atoms with Gasteiger partial charge in [-0.1, -0.05) is 29.8 Å². The van der Waals surface area contributed by atoms with Gasteiger partial charge in [0.1, 0.15) is 0 Å². The average Bonchev–Trinajstić information content (AvgIpc) is 2.57. The third kappa shape index (κ3) is 5.32. The van der Waals surface area contributed by atoms with Crippen LogP contribution in [0.2, 0.25) is 5.02 Å². The number of carbonyl (C=O) groups is 3. The lowest BCUT2D eigenvalue weighted by atomic mass is 10.1. The summed E-state index contributed by atoms with van der Waals surface area (Å²) >= 11 is 5.80. The van der Waals surface area contributed by atoms with E-state index in [4.69, 9.17) is 11.6 Å². The van der Waals surface area contributed by atoms with Gasteiger partial charge in [-0.25, -0.2) is 0 Å². The number of halogens is 1. The summed E-state index contributed by atoms with van der Waals surface area (Å²) in [5.41, 5.74) is 2.52. The van der Waals surface area contributed by atoms with Gasteiger partial charge in [-0.3, -0.25) is 14.4 Å². The van der Waals surface area contributed by atoms with Crippen LogP contribution in [-0.4, -0.2) is 17.7 Å². The molecular weight excluding hydrogens is 342 g/mol. The number of anilines is 2. The molecule has 2 aromatic rings. The molecule has 3 amide bonds. The van der Waals surface area contributed by atoms with E-state index in [0.29, 0.717) is 22.0 Å². The van der Waals surface area contributed by atoms with Gasteiger partial charge in [-0.15, -0.1) is 0 Å². The van der Waals surface area contributed by atoms with Crippen LogP contribution in [0.4, 0.5) is 11.4 Å². The molecule has 0 spiro atoms. The van der Waals surface area contributed by atoms with Crippen molar-refractivity contribution in [1.29, 1.82) is 0 Å². The second-order valence-corrected chi connectivity index (χ2v) is 5.86. The molecule has 0 aliphatic heterocycles. The van der Waals surface area contributed by atoms with Crippen LogP contribution in [0.3, 0.4) is 0 Å². The second-order valence-electron chi connectivity index (χ2n) is 5.42. The summed E-state index contributed by atoms with van der Waals surface area (Å²) in [4.78, 5) is 35.2. The number of hydrogen-bond donors (Lipinski definition) is 3. The zero-order valence-electron chi connectivity index (χ0n) is 13.9. The highest BCUT2D eigenvalue weighted by molar-refractivity contribution is 6.39. The van der Waals surface area contributed by atoms with Crippen molar-refractivity contribution in [2.75, 3.05) is 10.6 Å². The third-order valence-electron chi connectivity index (χ3n) is 3.47. The van der Waals surface area contributed by atoms with Gasteiger partial charge in [0.05, 0.1) is 0 Å². The van der Waals surface area contributed by atoms with E-state index in [-0.39, 0.29) is 12.5 Å². The molecule has 2 rings (SSSR count). The summed E-state index contributed by atoms with van der Waals surface area (Å²) in [6, 6.07) is 12.0. The van der Waals surface area contributed by atoms with Crippen LogP contribution in [0.25, 0.3) is 0 Å². The Morgan fingerprint density at radius 3 is 2.12 bits per heavy atom. The van der Waals surface area contributed by atoms with Crippen molar-refractivity contribution < 1.29 is 14.4 Å². The van der Waals surface area contributed by atoms with E-state index in [1.807, 2.05) is 0 Å². The van der Waals surface area contributed by atoms with Gasteiger partial charge >= 0.3 is 11.8 Å². The molecule has 0 heterocycles. The van der Waals surface area contributed by atoms with Crippen LogP contribution in [0.1, 0.15) is 18.1 Å². The van der Waals surface area contributed by atoms with Crippen LogP contribution in [-0.2, 0) is 20.9 Å². The SMILES string of the molecule is CC(=O)Nc1cccc(NC(=O)C(=O)NCc2ccc(Cl)cc2)c1C. The lowest BCUT2D eigenvalue weighted by molar-refractivity contribution is -0.136. The second kappa shape index (κ2) is 8.30. The Kier molecular flexibility index (Phi) is 6.14. The van der Waals surface area contributed by atoms with Crippen molar-refractivity contribution >= 4 is 40.7 Å². The Morgan fingerprint density at radius 1 is 0.920 bits per heavy atom. The first kappa shape index (κ1) is 18.5.